The average molecular weight is 519 g/mol. The van der Waals surface area contributed by atoms with Crippen LogP contribution in [0.3, 0.4) is 0 Å². The van der Waals surface area contributed by atoms with Crippen molar-refractivity contribution in [2.75, 3.05) is 19.0 Å². The SMILES string of the molecule is CCN(Cc1cnc(S(=O)(=O)Cc2cccc(OC)c2)n1CC(C)C)C(=O)Nc1cccc(Cl)c1. The molecule has 0 aliphatic rings. The molecule has 3 rings (SSSR count). The molecule has 2 aromatic carbocycles. The van der Waals surface area contributed by atoms with Gasteiger partial charge in [0.2, 0.25) is 15.0 Å². The molecule has 0 aliphatic heterocycles. The molecule has 1 aromatic heterocycles. The zero-order valence-electron chi connectivity index (χ0n) is 20.4. The predicted molar refractivity (Wildman–Crippen MR) is 138 cm³/mol. The number of ether oxygens (including phenoxy) is 1. The number of methoxy groups -OCH3 is 1. The van der Waals surface area contributed by atoms with E-state index in [1.807, 2.05) is 20.8 Å². The Morgan fingerprint density at radius 3 is 2.60 bits per heavy atom. The maximum Gasteiger partial charge on any atom is 0.322 e. The van der Waals surface area contributed by atoms with Crippen molar-refractivity contribution in [2.45, 2.75) is 44.8 Å². The molecule has 0 saturated heterocycles. The molecule has 0 radical (unpaired) electrons. The van der Waals surface area contributed by atoms with Crippen molar-refractivity contribution in [1.82, 2.24) is 14.5 Å². The fraction of sp³-hybridized carbons (Fsp3) is 0.360. The number of imidazole rings is 1. The van der Waals surface area contributed by atoms with E-state index >= 15 is 0 Å². The van der Waals surface area contributed by atoms with Gasteiger partial charge in [0, 0.05) is 23.8 Å². The zero-order valence-corrected chi connectivity index (χ0v) is 21.9. The number of amides is 2. The first-order valence-electron chi connectivity index (χ1n) is 11.3. The zero-order chi connectivity index (χ0) is 25.6. The molecule has 1 N–H and O–H groups in total. The van der Waals surface area contributed by atoms with Gasteiger partial charge in [-0.2, -0.15) is 0 Å². The average Bonchev–Trinajstić information content (AvgIpc) is 3.19. The van der Waals surface area contributed by atoms with Gasteiger partial charge in [0.25, 0.3) is 0 Å². The first-order chi connectivity index (χ1) is 16.6. The topological polar surface area (TPSA) is 93.5 Å². The summed E-state index contributed by atoms with van der Waals surface area (Å²) in [5, 5.41) is 3.35. The number of nitrogens with one attached hydrogen (secondary N) is 1. The third-order valence-electron chi connectivity index (χ3n) is 5.32. The molecular weight excluding hydrogens is 488 g/mol. The monoisotopic (exact) mass is 518 g/mol. The van der Waals surface area contributed by atoms with E-state index in [0.717, 1.165) is 0 Å². The van der Waals surface area contributed by atoms with E-state index in [9.17, 15) is 13.2 Å². The van der Waals surface area contributed by atoms with Crippen LogP contribution in [0.1, 0.15) is 32.0 Å². The van der Waals surface area contributed by atoms with Gasteiger partial charge in [-0.05, 0) is 48.7 Å². The number of nitrogens with zero attached hydrogens (tertiary/aromatic N) is 3. The summed E-state index contributed by atoms with van der Waals surface area (Å²) in [6, 6.07) is 13.6. The van der Waals surface area contributed by atoms with Gasteiger partial charge in [0.15, 0.2) is 0 Å². The van der Waals surface area contributed by atoms with Gasteiger partial charge in [0.05, 0.1) is 31.3 Å². The Morgan fingerprint density at radius 2 is 1.94 bits per heavy atom. The maximum atomic E-state index is 13.3. The molecule has 0 atom stereocenters. The molecule has 8 nitrogen and oxygen atoms in total. The number of aromatic nitrogens is 2. The van der Waals surface area contributed by atoms with E-state index in [-0.39, 0.29) is 29.4 Å². The van der Waals surface area contributed by atoms with Gasteiger partial charge in [-0.15, -0.1) is 0 Å². The van der Waals surface area contributed by atoms with Crippen LogP contribution in [0.15, 0.2) is 59.9 Å². The van der Waals surface area contributed by atoms with E-state index in [0.29, 0.717) is 40.8 Å². The Kier molecular flexibility index (Phi) is 8.80. The summed E-state index contributed by atoms with van der Waals surface area (Å²) in [5.41, 5.74) is 1.84. The van der Waals surface area contributed by atoms with Crippen molar-refractivity contribution in [3.8, 4) is 5.75 Å². The number of carbonyl (C=O) groups excluding carboxylic acids is 1. The summed E-state index contributed by atoms with van der Waals surface area (Å²) in [4.78, 5) is 18.8. The Labute approximate surface area is 211 Å². The first kappa shape index (κ1) is 26.6. The fourth-order valence-electron chi connectivity index (χ4n) is 3.66. The third-order valence-corrected chi connectivity index (χ3v) is 7.15. The van der Waals surface area contributed by atoms with Crippen molar-refractivity contribution in [2.24, 2.45) is 5.92 Å². The lowest BCUT2D eigenvalue weighted by Gasteiger charge is -2.23. The van der Waals surface area contributed by atoms with Crippen molar-refractivity contribution >= 4 is 33.2 Å². The first-order valence-corrected chi connectivity index (χ1v) is 13.4. The van der Waals surface area contributed by atoms with E-state index in [1.165, 1.54) is 13.3 Å². The summed E-state index contributed by atoms with van der Waals surface area (Å²) in [5.74, 6) is 0.559. The number of sulfone groups is 1. The van der Waals surface area contributed by atoms with Crippen LogP contribution in [0.4, 0.5) is 10.5 Å². The third kappa shape index (κ3) is 6.99. The smallest absolute Gasteiger partial charge is 0.322 e. The van der Waals surface area contributed by atoms with Crippen LogP contribution in [0.25, 0.3) is 0 Å². The van der Waals surface area contributed by atoms with Gasteiger partial charge in [0.1, 0.15) is 5.75 Å². The van der Waals surface area contributed by atoms with E-state index in [2.05, 4.69) is 10.3 Å². The molecule has 0 aliphatic carbocycles. The quantitative estimate of drug-likeness (QED) is 0.396. The lowest BCUT2D eigenvalue weighted by Crippen LogP contribution is -2.35. The minimum absolute atomic E-state index is 0.00433. The summed E-state index contributed by atoms with van der Waals surface area (Å²) in [7, 11) is -2.21. The highest BCUT2D eigenvalue weighted by Gasteiger charge is 2.26. The standard InChI is InChI=1S/C25H31ClN4O4S/c1-5-29(24(31)28-21-10-7-9-20(26)13-21)16-22-14-27-25(30(22)15-18(2)3)35(32,33)17-19-8-6-11-23(12-19)34-4/h6-14,18H,5,15-17H2,1-4H3,(H,28,31). The molecule has 10 heteroatoms. The molecule has 0 spiro atoms. The van der Waals surface area contributed by atoms with Crippen molar-refractivity contribution in [3.05, 3.63) is 71.0 Å². The van der Waals surface area contributed by atoms with Crippen LogP contribution < -0.4 is 10.1 Å². The summed E-state index contributed by atoms with van der Waals surface area (Å²) in [6.45, 7) is 6.95. The van der Waals surface area contributed by atoms with Crippen LogP contribution in [0.2, 0.25) is 5.02 Å². The Balaban J connectivity index is 1.87. The number of rotatable bonds is 10. The van der Waals surface area contributed by atoms with E-state index in [4.69, 9.17) is 16.3 Å². The van der Waals surface area contributed by atoms with Crippen molar-refractivity contribution in [3.63, 3.8) is 0 Å². The van der Waals surface area contributed by atoms with Crippen molar-refractivity contribution < 1.29 is 17.9 Å². The second-order valence-corrected chi connectivity index (χ2v) is 10.9. The predicted octanol–water partition coefficient (Wildman–Crippen LogP) is 5.23. The number of urea groups is 1. The minimum atomic E-state index is -3.75. The fourth-order valence-corrected chi connectivity index (χ4v) is 5.34. The molecule has 0 unspecified atom stereocenters. The highest BCUT2D eigenvalue weighted by molar-refractivity contribution is 7.90. The molecule has 3 aromatic rings. The highest BCUT2D eigenvalue weighted by atomic mass is 35.5. The van der Waals surface area contributed by atoms with Crippen LogP contribution >= 0.6 is 11.6 Å². The van der Waals surface area contributed by atoms with Crippen LogP contribution in [-0.2, 0) is 28.7 Å². The number of anilines is 1. The normalized spacial score (nSPS) is 11.5. The Bertz CT molecular complexity index is 1270. The summed E-state index contributed by atoms with van der Waals surface area (Å²) < 4.78 is 33.6. The second kappa shape index (κ2) is 11.6. The Morgan fingerprint density at radius 1 is 1.20 bits per heavy atom. The number of halogens is 1. The number of hydrogen-bond acceptors (Lipinski definition) is 5. The molecule has 2 amide bonds. The lowest BCUT2D eigenvalue weighted by molar-refractivity contribution is 0.210. The van der Waals surface area contributed by atoms with Gasteiger partial charge in [-0.3, -0.25) is 0 Å². The van der Waals surface area contributed by atoms with E-state index < -0.39 is 9.84 Å². The lowest BCUT2D eigenvalue weighted by atomic mass is 10.2. The molecule has 188 valence electrons. The molecule has 0 saturated carbocycles. The van der Waals surface area contributed by atoms with Crippen molar-refractivity contribution in [1.29, 1.82) is 0 Å². The number of carbonyl (C=O) groups is 1. The summed E-state index contributed by atoms with van der Waals surface area (Å²) >= 11 is 6.02. The van der Waals surface area contributed by atoms with Crippen LogP contribution in [-0.4, -0.2) is 42.6 Å². The van der Waals surface area contributed by atoms with Crippen LogP contribution in [0.5, 0.6) is 5.75 Å². The molecule has 0 fully saturated rings. The molecule has 0 bridgehead atoms. The van der Waals surface area contributed by atoms with E-state index in [1.54, 1.807) is 58.0 Å². The van der Waals surface area contributed by atoms with Gasteiger partial charge >= 0.3 is 6.03 Å². The van der Waals surface area contributed by atoms with Gasteiger partial charge in [-0.25, -0.2) is 18.2 Å². The Hall–Kier alpha value is -3.04. The number of benzene rings is 2. The molecule has 35 heavy (non-hydrogen) atoms. The molecule has 1 heterocycles. The summed E-state index contributed by atoms with van der Waals surface area (Å²) in [6.07, 6.45) is 1.54. The minimum Gasteiger partial charge on any atom is -0.497 e. The van der Waals surface area contributed by atoms with Gasteiger partial charge < -0.3 is 19.5 Å². The van der Waals surface area contributed by atoms with Crippen LogP contribution in [0, 0.1) is 5.92 Å². The van der Waals surface area contributed by atoms with Gasteiger partial charge in [-0.1, -0.05) is 43.6 Å². The molecular formula is C25H31ClN4O4S. The number of hydrogen-bond donors (Lipinski definition) is 1. The second-order valence-electron chi connectivity index (χ2n) is 8.60. The highest BCUT2D eigenvalue weighted by Crippen LogP contribution is 2.23. The largest absolute Gasteiger partial charge is 0.497 e. The maximum absolute atomic E-state index is 13.3.